The van der Waals surface area contributed by atoms with E-state index in [1.54, 1.807) is 30.6 Å². The first-order chi connectivity index (χ1) is 21.1. The number of aromatic amines is 1. The van der Waals surface area contributed by atoms with Crippen molar-refractivity contribution in [2.75, 3.05) is 41.1 Å². The molecule has 3 N–H and O–H groups in total. The Morgan fingerprint density at radius 1 is 1.02 bits per heavy atom. The molecular formula is C30H33N9O2S3. The Labute approximate surface area is 265 Å². The monoisotopic (exact) mass is 647 g/mol. The standard InChI is InChI=1S/C30H33N9O2S3/c1-5-24-35-36-29(43-24)37-44(40,41)22-8-6-21(7-9-22)34-30(42)39-12-10-38(11-13-39)28-26-23(16-31-27(26)32-17-33-28)25-19(3)14-18(2)15-20(25)4/h6-9,14-17H,5,10-13H2,1-4H3,(H,34,42)(H,36,37)(H,31,32,33). The number of piperazine rings is 1. The molecule has 1 saturated heterocycles. The maximum Gasteiger partial charge on any atom is 0.263 e. The summed E-state index contributed by atoms with van der Waals surface area (Å²) in [4.78, 5) is 17.1. The topological polar surface area (TPSA) is 132 Å². The van der Waals surface area contributed by atoms with E-state index in [2.05, 4.69) is 72.9 Å². The van der Waals surface area contributed by atoms with Gasteiger partial charge in [-0.1, -0.05) is 36.0 Å². The number of H-pyrrole nitrogens is 1. The van der Waals surface area contributed by atoms with Crippen LogP contribution in [0.25, 0.3) is 22.2 Å². The van der Waals surface area contributed by atoms with Crippen molar-refractivity contribution >= 4 is 66.4 Å². The number of benzene rings is 2. The highest BCUT2D eigenvalue weighted by molar-refractivity contribution is 7.93. The Kier molecular flexibility index (Phi) is 8.22. The van der Waals surface area contributed by atoms with Gasteiger partial charge in [-0.25, -0.2) is 18.4 Å². The average Bonchev–Trinajstić information content (AvgIpc) is 3.64. The molecule has 0 spiro atoms. The molecule has 6 rings (SSSR count). The van der Waals surface area contributed by atoms with E-state index in [1.165, 1.54) is 33.6 Å². The van der Waals surface area contributed by atoms with Gasteiger partial charge >= 0.3 is 0 Å². The molecule has 0 saturated carbocycles. The van der Waals surface area contributed by atoms with Crippen LogP contribution in [0.3, 0.4) is 0 Å². The summed E-state index contributed by atoms with van der Waals surface area (Å²) in [6.07, 6.45) is 4.34. The number of thiocarbonyl (C=S) groups is 1. The highest BCUT2D eigenvalue weighted by Crippen LogP contribution is 2.37. The molecule has 0 amide bonds. The number of fused-ring (bicyclic) bond motifs is 1. The third-order valence-electron chi connectivity index (χ3n) is 7.67. The Bertz CT molecular complexity index is 1920. The van der Waals surface area contributed by atoms with Gasteiger partial charge in [-0.2, -0.15) is 0 Å². The van der Waals surface area contributed by atoms with Gasteiger partial charge in [0.2, 0.25) is 5.13 Å². The lowest BCUT2D eigenvalue weighted by molar-refractivity contribution is 0.390. The van der Waals surface area contributed by atoms with Crippen LogP contribution in [-0.4, -0.2) is 69.8 Å². The molecule has 0 unspecified atom stereocenters. The number of rotatable bonds is 7. The van der Waals surface area contributed by atoms with Crippen LogP contribution in [0.2, 0.25) is 0 Å². The molecule has 1 fully saturated rings. The second kappa shape index (κ2) is 12.1. The van der Waals surface area contributed by atoms with Crippen molar-refractivity contribution in [3.05, 3.63) is 70.6 Å². The predicted octanol–water partition coefficient (Wildman–Crippen LogP) is 5.28. The maximum absolute atomic E-state index is 12.8. The number of anilines is 3. The van der Waals surface area contributed by atoms with Crippen LogP contribution in [0, 0.1) is 20.8 Å². The van der Waals surface area contributed by atoms with Crippen molar-refractivity contribution in [1.82, 2.24) is 30.0 Å². The first-order valence-corrected chi connectivity index (χ1v) is 17.0. The van der Waals surface area contributed by atoms with Crippen molar-refractivity contribution in [3.8, 4) is 11.1 Å². The van der Waals surface area contributed by atoms with Gasteiger partial charge in [0.1, 0.15) is 22.8 Å². The number of hydrogen-bond donors (Lipinski definition) is 3. The molecule has 0 radical (unpaired) electrons. The van der Waals surface area contributed by atoms with Gasteiger partial charge in [0.05, 0.1) is 10.3 Å². The van der Waals surface area contributed by atoms with E-state index in [9.17, 15) is 8.42 Å². The van der Waals surface area contributed by atoms with E-state index in [-0.39, 0.29) is 10.0 Å². The van der Waals surface area contributed by atoms with Crippen LogP contribution in [0.5, 0.6) is 0 Å². The Morgan fingerprint density at radius 3 is 2.39 bits per heavy atom. The number of aromatic nitrogens is 5. The van der Waals surface area contributed by atoms with Crippen molar-refractivity contribution in [3.63, 3.8) is 0 Å². The quantitative estimate of drug-likeness (QED) is 0.200. The molecule has 4 heterocycles. The summed E-state index contributed by atoms with van der Waals surface area (Å²) in [6.45, 7) is 11.2. The summed E-state index contributed by atoms with van der Waals surface area (Å²) in [5.74, 6) is 0.911. The molecule has 14 heteroatoms. The summed E-state index contributed by atoms with van der Waals surface area (Å²) in [5, 5.41) is 13.7. The molecule has 1 aliphatic heterocycles. The van der Waals surface area contributed by atoms with E-state index >= 15 is 0 Å². The minimum absolute atomic E-state index is 0.132. The van der Waals surface area contributed by atoms with E-state index in [4.69, 9.17) is 17.2 Å². The molecule has 3 aromatic heterocycles. The summed E-state index contributed by atoms with van der Waals surface area (Å²) >= 11 is 6.95. The second-order valence-corrected chi connectivity index (χ2v) is 13.9. The van der Waals surface area contributed by atoms with Crippen LogP contribution in [-0.2, 0) is 16.4 Å². The minimum atomic E-state index is -3.78. The smallest absolute Gasteiger partial charge is 0.263 e. The first kappa shape index (κ1) is 29.9. The highest BCUT2D eigenvalue weighted by Gasteiger charge is 2.25. The second-order valence-electron chi connectivity index (χ2n) is 10.8. The summed E-state index contributed by atoms with van der Waals surface area (Å²) in [6, 6.07) is 10.9. The molecule has 5 aromatic rings. The lowest BCUT2D eigenvalue weighted by atomic mass is 9.94. The molecule has 11 nitrogen and oxygen atoms in total. The van der Waals surface area contributed by atoms with E-state index in [0.717, 1.165) is 40.5 Å². The van der Waals surface area contributed by atoms with Gasteiger partial charge < -0.3 is 20.1 Å². The minimum Gasteiger partial charge on any atom is -0.352 e. The fourth-order valence-corrected chi connectivity index (χ4v) is 7.85. The predicted molar refractivity (Wildman–Crippen MR) is 180 cm³/mol. The molecular weight excluding hydrogens is 615 g/mol. The highest BCUT2D eigenvalue weighted by atomic mass is 32.2. The molecule has 228 valence electrons. The number of nitrogens with one attached hydrogen (secondary N) is 3. The lowest BCUT2D eigenvalue weighted by Gasteiger charge is -2.37. The number of aryl methyl sites for hydroxylation is 4. The molecule has 1 aliphatic rings. The van der Waals surface area contributed by atoms with Crippen LogP contribution in [0.1, 0.15) is 28.6 Å². The molecule has 44 heavy (non-hydrogen) atoms. The van der Waals surface area contributed by atoms with Gasteiger partial charge in [-0.15, -0.1) is 10.2 Å². The largest absolute Gasteiger partial charge is 0.352 e. The molecule has 2 aromatic carbocycles. The third-order valence-corrected chi connectivity index (χ3v) is 10.5. The summed E-state index contributed by atoms with van der Waals surface area (Å²) < 4.78 is 28.1. The van der Waals surface area contributed by atoms with Gasteiger partial charge in [-0.05, 0) is 80.4 Å². The van der Waals surface area contributed by atoms with Crippen molar-refractivity contribution in [2.45, 2.75) is 39.0 Å². The fraction of sp³-hybridized carbons (Fsp3) is 0.300. The van der Waals surface area contributed by atoms with Crippen LogP contribution < -0.4 is 14.9 Å². The van der Waals surface area contributed by atoms with Gasteiger partial charge in [0.15, 0.2) is 5.11 Å². The van der Waals surface area contributed by atoms with Gasteiger partial charge in [-0.3, -0.25) is 4.72 Å². The summed E-state index contributed by atoms with van der Waals surface area (Å²) in [7, 11) is -3.78. The Hall–Kier alpha value is -4.14. The Morgan fingerprint density at radius 2 is 1.73 bits per heavy atom. The zero-order valence-corrected chi connectivity index (χ0v) is 27.3. The third kappa shape index (κ3) is 5.97. The fourth-order valence-electron chi connectivity index (χ4n) is 5.64. The van der Waals surface area contributed by atoms with Crippen LogP contribution in [0.15, 0.2) is 53.8 Å². The maximum atomic E-state index is 12.8. The lowest BCUT2D eigenvalue weighted by Crippen LogP contribution is -2.50. The van der Waals surface area contributed by atoms with Gasteiger partial charge in [0.25, 0.3) is 10.0 Å². The number of hydrogen-bond acceptors (Lipinski definition) is 9. The SMILES string of the molecule is CCc1nnc(NS(=O)(=O)c2ccc(NC(=S)N3CCN(c4ncnc5[nH]cc(-c6c(C)cc(C)cc6C)c45)CC3)cc2)s1. The number of nitrogens with zero attached hydrogens (tertiary/aromatic N) is 6. The van der Waals surface area contributed by atoms with Crippen molar-refractivity contribution in [1.29, 1.82) is 0 Å². The number of sulfonamides is 1. The van der Waals surface area contributed by atoms with Gasteiger partial charge in [0, 0.05) is 43.6 Å². The van der Waals surface area contributed by atoms with E-state index < -0.39 is 10.0 Å². The normalized spacial score (nSPS) is 13.8. The zero-order chi connectivity index (χ0) is 31.0. The van der Waals surface area contributed by atoms with Crippen LogP contribution >= 0.6 is 23.6 Å². The van der Waals surface area contributed by atoms with Crippen molar-refractivity contribution in [2.24, 2.45) is 0 Å². The molecule has 0 aliphatic carbocycles. The zero-order valence-electron chi connectivity index (χ0n) is 24.9. The molecule has 0 atom stereocenters. The Balaban J connectivity index is 1.12. The molecule has 0 bridgehead atoms. The van der Waals surface area contributed by atoms with Crippen molar-refractivity contribution < 1.29 is 8.42 Å². The van der Waals surface area contributed by atoms with Crippen LogP contribution in [0.4, 0.5) is 16.6 Å². The first-order valence-electron chi connectivity index (χ1n) is 14.3. The summed E-state index contributed by atoms with van der Waals surface area (Å²) in [5.41, 5.74) is 7.54. The average molecular weight is 648 g/mol. The van der Waals surface area contributed by atoms with E-state index in [1.807, 2.05) is 13.1 Å². The van der Waals surface area contributed by atoms with E-state index in [0.29, 0.717) is 30.3 Å².